The number of benzene rings is 1. The fraction of sp³-hybridized carbons (Fsp3) is 0.600. The predicted octanol–water partition coefficient (Wildman–Crippen LogP) is 3.59. The number of nitrogens with zero attached hydrogens (tertiary/aromatic N) is 2. The highest BCUT2D eigenvalue weighted by atomic mass is 16.5. The van der Waals surface area contributed by atoms with E-state index in [4.69, 9.17) is 9.47 Å². The molecule has 0 saturated carbocycles. The van der Waals surface area contributed by atoms with Crippen LogP contribution >= 0.6 is 0 Å². The number of aryl methyl sites for hydroxylation is 1. The van der Waals surface area contributed by atoms with Crippen molar-refractivity contribution in [1.82, 2.24) is 9.47 Å². The quantitative estimate of drug-likeness (QED) is 0.858. The van der Waals surface area contributed by atoms with Crippen molar-refractivity contribution in [3.8, 4) is 5.75 Å². The summed E-state index contributed by atoms with van der Waals surface area (Å²) in [6.07, 6.45) is 8.89. The van der Waals surface area contributed by atoms with Crippen molar-refractivity contribution in [2.75, 3.05) is 26.2 Å². The Balaban J connectivity index is 1.32. The van der Waals surface area contributed by atoms with E-state index in [0.29, 0.717) is 12.2 Å². The number of piperidine rings is 1. The lowest BCUT2D eigenvalue weighted by atomic mass is 10.0. The average molecular weight is 328 g/mol. The molecule has 2 aromatic rings. The van der Waals surface area contributed by atoms with Gasteiger partial charge in [-0.3, -0.25) is 0 Å². The minimum absolute atomic E-state index is 0.333. The Morgan fingerprint density at radius 1 is 1.12 bits per heavy atom. The van der Waals surface area contributed by atoms with Gasteiger partial charge in [-0.1, -0.05) is 6.07 Å². The van der Waals surface area contributed by atoms with E-state index in [1.807, 2.05) is 0 Å². The van der Waals surface area contributed by atoms with Crippen molar-refractivity contribution in [1.29, 1.82) is 0 Å². The zero-order chi connectivity index (χ0) is 16.4. The zero-order valence-corrected chi connectivity index (χ0v) is 14.6. The van der Waals surface area contributed by atoms with Gasteiger partial charge in [0.25, 0.3) is 0 Å². The lowest BCUT2D eigenvalue weighted by Gasteiger charge is -2.35. The summed E-state index contributed by atoms with van der Waals surface area (Å²) in [5.41, 5.74) is 1.24. The summed E-state index contributed by atoms with van der Waals surface area (Å²) in [7, 11) is 2.08. The third-order valence-electron chi connectivity index (χ3n) is 5.45. The Morgan fingerprint density at radius 3 is 2.79 bits per heavy atom. The van der Waals surface area contributed by atoms with E-state index < -0.39 is 0 Å². The standard InChI is InChI=1S/C20H28N2O2/c1-21-11-10-18-19(21)6-4-7-20(18)24-16-8-12-22(13-9-16)15-17-5-2-3-14-23-17/h4,6-7,10-11,16-17H,2-3,5,8-9,12-15H2,1H3. The molecule has 0 bridgehead atoms. The smallest absolute Gasteiger partial charge is 0.129 e. The molecule has 4 nitrogen and oxygen atoms in total. The van der Waals surface area contributed by atoms with Gasteiger partial charge in [0.05, 0.1) is 11.6 Å². The van der Waals surface area contributed by atoms with Crippen LogP contribution in [-0.2, 0) is 11.8 Å². The first kappa shape index (κ1) is 16.0. The molecule has 4 rings (SSSR count). The van der Waals surface area contributed by atoms with Crippen molar-refractivity contribution in [3.05, 3.63) is 30.5 Å². The minimum Gasteiger partial charge on any atom is -0.490 e. The summed E-state index contributed by atoms with van der Waals surface area (Å²) in [6.45, 7) is 4.29. The van der Waals surface area contributed by atoms with Crippen LogP contribution in [0.5, 0.6) is 5.75 Å². The molecule has 0 aliphatic carbocycles. The van der Waals surface area contributed by atoms with Gasteiger partial charge in [0.1, 0.15) is 11.9 Å². The Labute approximate surface area is 144 Å². The van der Waals surface area contributed by atoms with Crippen LogP contribution in [0.3, 0.4) is 0 Å². The van der Waals surface area contributed by atoms with Crippen molar-refractivity contribution < 1.29 is 9.47 Å². The van der Waals surface area contributed by atoms with E-state index >= 15 is 0 Å². The Hall–Kier alpha value is -1.52. The van der Waals surface area contributed by atoms with Gasteiger partial charge in [0.2, 0.25) is 0 Å². The summed E-state index contributed by atoms with van der Waals surface area (Å²) >= 11 is 0. The average Bonchev–Trinajstić information content (AvgIpc) is 3.00. The molecule has 2 aliphatic rings. The van der Waals surface area contributed by atoms with Crippen molar-refractivity contribution in [3.63, 3.8) is 0 Å². The molecular formula is C20H28N2O2. The second-order valence-corrected chi connectivity index (χ2v) is 7.22. The van der Waals surface area contributed by atoms with Crippen LogP contribution in [0, 0.1) is 0 Å². The van der Waals surface area contributed by atoms with E-state index in [9.17, 15) is 0 Å². The Kier molecular flexibility index (Phi) is 4.76. The topological polar surface area (TPSA) is 26.6 Å². The summed E-state index contributed by atoms with van der Waals surface area (Å²) in [4.78, 5) is 2.55. The maximum Gasteiger partial charge on any atom is 0.129 e. The Morgan fingerprint density at radius 2 is 2.00 bits per heavy atom. The molecule has 2 fully saturated rings. The van der Waals surface area contributed by atoms with Gasteiger partial charge < -0.3 is 18.9 Å². The van der Waals surface area contributed by atoms with E-state index in [-0.39, 0.29) is 0 Å². The Bertz CT molecular complexity index is 667. The molecule has 1 unspecified atom stereocenters. The van der Waals surface area contributed by atoms with Gasteiger partial charge in [-0.2, -0.15) is 0 Å². The van der Waals surface area contributed by atoms with Gasteiger partial charge in [-0.15, -0.1) is 0 Å². The van der Waals surface area contributed by atoms with Gasteiger partial charge in [0, 0.05) is 44.9 Å². The van der Waals surface area contributed by atoms with Crippen LogP contribution in [0.1, 0.15) is 32.1 Å². The van der Waals surface area contributed by atoms with E-state index in [1.54, 1.807) is 0 Å². The minimum atomic E-state index is 0.333. The second-order valence-electron chi connectivity index (χ2n) is 7.22. The fourth-order valence-corrected chi connectivity index (χ4v) is 4.01. The normalized spacial score (nSPS) is 23.6. The molecule has 1 aromatic carbocycles. The molecule has 3 heterocycles. The summed E-state index contributed by atoms with van der Waals surface area (Å²) < 4.78 is 14.4. The molecular weight excluding hydrogens is 300 g/mol. The van der Waals surface area contributed by atoms with Crippen molar-refractivity contribution >= 4 is 10.9 Å². The van der Waals surface area contributed by atoms with E-state index in [1.165, 1.54) is 30.2 Å². The van der Waals surface area contributed by atoms with E-state index in [0.717, 1.165) is 44.8 Å². The maximum absolute atomic E-state index is 6.35. The van der Waals surface area contributed by atoms with Gasteiger partial charge in [-0.05, 0) is 50.3 Å². The SMILES string of the molecule is Cn1ccc2c(OC3CCN(CC4CCCCO4)CC3)cccc21. The molecule has 1 aromatic heterocycles. The molecule has 2 saturated heterocycles. The first-order valence-electron chi connectivity index (χ1n) is 9.34. The highest BCUT2D eigenvalue weighted by Gasteiger charge is 2.24. The number of aromatic nitrogens is 1. The van der Waals surface area contributed by atoms with Crippen LogP contribution < -0.4 is 4.74 Å². The van der Waals surface area contributed by atoms with Gasteiger partial charge >= 0.3 is 0 Å². The van der Waals surface area contributed by atoms with Crippen LogP contribution in [-0.4, -0.2) is 47.9 Å². The highest BCUT2D eigenvalue weighted by Crippen LogP contribution is 2.29. The second kappa shape index (κ2) is 7.16. The van der Waals surface area contributed by atoms with Gasteiger partial charge in [-0.25, -0.2) is 0 Å². The summed E-state index contributed by atoms with van der Waals surface area (Å²) in [5.74, 6) is 1.03. The van der Waals surface area contributed by atoms with E-state index in [2.05, 4.69) is 47.0 Å². The first-order chi connectivity index (χ1) is 11.8. The molecule has 24 heavy (non-hydrogen) atoms. The molecule has 0 amide bonds. The number of hydrogen-bond acceptors (Lipinski definition) is 3. The number of fused-ring (bicyclic) bond motifs is 1. The number of ether oxygens (including phenoxy) is 2. The molecule has 0 spiro atoms. The molecule has 4 heteroatoms. The van der Waals surface area contributed by atoms with Crippen LogP contribution in [0.4, 0.5) is 0 Å². The molecule has 0 radical (unpaired) electrons. The van der Waals surface area contributed by atoms with Gasteiger partial charge in [0.15, 0.2) is 0 Å². The summed E-state index contributed by atoms with van der Waals surface area (Å²) in [5, 5.41) is 1.22. The molecule has 1 atom stereocenters. The summed E-state index contributed by atoms with van der Waals surface area (Å²) in [6, 6.07) is 8.49. The highest BCUT2D eigenvalue weighted by molar-refractivity contribution is 5.86. The fourth-order valence-electron chi connectivity index (χ4n) is 4.01. The molecule has 0 N–H and O–H groups in total. The largest absolute Gasteiger partial charge is 0.490 e. The lowest BCUT2D eigenvalue weighted by molar-refractivity contribution is -0.0153. The zero-order valence-electron chi connectivity index (χ0n) is 14.6. The lowest BCUT2D eigenvalue weighted by Crippen LogP contribution is -2.43. The third-order valence-corrected chi connectivity index (χ3v) is 5.45. The van der Waals surface area contributed by atoms with Crippen LogP contribution in [0.15, 0.2) is 30.5 Å². The first-order valence-corrected chi connectivity index (χ1v) is 9.34. The molecule has 2 aliphatic heterocycles. The van der Waals surface area contributed by atoms with Crippen molar-refractivity contribution in [2.24, 2.45) is 7.05 Å². The predicted molar refractivity (Wildman–Crippen MR) is 96.6 cm³/mol. The van der Waals surface area contributed by atoms with Crippen molar-refractivity contribution in [2.45, 2.75) is 44.3 Å². The van der Waals surface area contributed by atoms with Crippen LogP contribution in [0.25, 0.3) is 10.9 Å². The third kappa shape index (κ3) is 3.45. The number of likely N-dealkylation sites (tertiary alicyclic amines) is 1. The number of rotatable bonds is 4. The molecule has 130 valence electrons. The maximum atomic E-state index is 6.35. The van der Waals surface area contributed by atoms with Crippen LogP contribution in [0.2, 0.25) is 0 Å². The number of hydrogen-bond donors (Lipinski definition) is 0. The monoisotopic (exact) mass is 328 g/mol.